The van der Waals surface area contributed by atoms with Crippen molar-refractivity contribution in [2.45, 2.75) is 13.8 Å². The van der Waals surface area contributed by atoms with Gasteiger partial charge >= 0.3 is 0 Å². The van der Waals surface area contributed by atoms with E-state index in [1.54, 1.807) is 28.9 Å². The SMILES string of the molecule is Cc1cc(C(=O)NCCNc2nc3ccccc3s2)c(C)n1-c1nccs1. The number of rotatable bonds is 6. The standard InChI is InChI=1S/C19H19N5OS2/c1-12-11-14(13(2)24(12)19-22-9-10-26-19)17(25)20-7-8-21-18-23-15-5-3-4-6-16(15)27-18/h3-6,9-11H,7-8H2,1-2H3,(H,20,25)(H,21,23). The van der Waals surface area contributed by atoms with Gasteiger partial charge in [-0.1, -0.05) is 23.5 Å². The van der Waals surface area contributed by atoms with E-state index in [4.69, 9.17) is 0 Å². The normalized spacial score (nSPS) is 11.0. The quantitative estimate of drug-likeness (QED) is 0.482. The van der Waals surface area contributed by atoms with Gasteiger partial charge in [-0.2, -0.15) is 0 Å². The van der Waals surface area contributed by atoms with Crippen LogP contribution in [-0.4, -0.2) is 33.5 Å². The summed E-state index contributed by atoms with van der Waals surface area (Å²) in [5.41, 5.74) is 3.57. The molecule has 0 aliphatic carbocycles. The maximum Gasteiger partial charge on any atom is 0.253 e. The van der Waals surface area contributed by atoms with E-state index in [2.05, 4.69) is 26.7 Å². The minimum atomic E-state index is -0.0722. The molecule has 4 rings (SSSR count). The minimum Gasteiger partial charge on any atom is -0.360 e. The Morgan fingerprint density at radius 1 is 1.22 bits per heavy atom. The lowest BCUT2D eigenvalue weighted by Crippen LogP contribution is -2.29. The lowest BCUT2D eigenvalue weighted by molar-refractivity contribution is 0.0954. The summed E-state index contributed by atoms with van der Waals surface area (Å²) in [6, 6.07) is 9.95. The number of para-hydroxylation sites is 1. The van der Waals surface area contributed by atoms with Crippen molar-refractivity contribution in [3.63, 3.8) is 0 Å². The van der Waals surface area contributed by atoms with E-state index >= 15 is 0 Å². The number of benzene rings is 1. The van der Waals surface area contributed by atoms with E-state index in [1.807, 2.05) is 48.1 Å². The van der Waals surface area contributed by atoms with Crippen LogP contribution >= 0.6 is 22.7 Å². The van der Waals surface area contributed by atoms with Crippen molar-refractivity contribution in [1.82, 2.24) is 19.9 Å². The number of fused-ring (bicyclic) bond motifs is 1. The highest BCUT2D eigenvalue weighted by atomic mass is 32.1. The van der Waals surface area contributed by atoms with Crippen molar-refractivity contribution in [3.05, 3.63) is 58.9 Å². The number of thiazole rings is 2. The lowest BCUT2D eigenvalue weighted by Gasteiger charge is -2.07. The first-order valence-electron chi connectivity index (χ1n) is 8.60. The summed E-state index contributed by atoms with van der Waals surface area (Å²) in [6.45, 7) is 5.08. The molecule has 2 N–H and O–H groups in total. The van der Waals surface area contributed by atoms with Crippen LogP contribution in [0.1, 0.15) is 21.7 Å². The first kappa shape index (κ1) is 17.7. The monoisotopic (exact) mass is 397 g/mol. The molecule has 0 atom stereocenters. The molecule has 1 amide bonds. The zero-order valence-electron chi connectivity index (χ0n) is 15.0. The molecule has 0 saturated carbocycles. The number of anilines is 1. The Balaban J connectivity index is 1.36. The molecule has 4 aromatic rings. The van der Waals surface area contributed by atoms with Crippen LogP contribution in [0.15, 0.2) is 41.9 Å². The highest BCUT2D eigenvalue weighted by molar-refractivity contribution is 7.22. The topological polar surface area (TPSA) is 71.8 Å². The molecule has 0 aliphatic heterocycles. The van der Waals surface area contributed by atoms with Gasteiger partial charge in [-0.05, 0) is 32.0 Å². The van der Waals surface area contributed by atoms with Crippen molar-refractivity contribution in [3.8, 4) is 5.13 Å². The summed E-state index contributed by atoms with van der Waals surface area (Å²) in [7, 11) is 0. The zero-order valence-corrected chi connectivity index (χ0v) is 16.7. The van der Waals surface area contributed by atoms with E-state index in [-0.39, 0.29) is 5.91 Å². The molecular formula is C19H19N5OS2. The number of carbonyl (C=O) groups excluding carboxylic acids is 1. The number of amides is 1. The fourth-order valence-corrected chi connectivity index (χ4v) is 4.64. The molecule has 27 heavy (non-hydrogen) atoms. The molecule has 3 heterocycles. The number of aromatic nitrogens is 3. The molecule has 0 radical (unpaired) electrons. The third-order valence-electron chi connectivity index (χ3n) is 4.27. The molecule has 0 bridgehead atoms. The number of carbonyl (C=O) groups is 1. The fraction of sp³-hybridized carbons (Fsp3) is 0.211. The molecule has 0 aliphatic rings. The Kier molecular flexibility index (Phi) is 4.91. The van der Waals surface area contributed by atoms with E-state index in [0.29, 0.717) is 18.7 Å². The Labute approximate surface area is 164 Å². The molecule has 1 aromatic carbocycles. The smallest absolute Gasteiger partial charge is 0.253 e. The Bertz CT molecular complexity index is 1050. The summed E-state index contributed by atoms with van der Waals surface area (Å²) in [5.74, 6) is -0.0722. The van der Waals surface area contributed by atoms with Crippen LogP contribution in [0.4, 0.5) is 5.13 Å². The van der Waals surface area contributed by atoms with Crippen LogP contribution in [0.3, 0.4) is 0 Å². The zero-order chi connectivity index (χ0) is 18.8. The highest BCUT2D eigenvalue weighted by Gasteiger charge is 2.17. The van der Waals surface area contributed by atoms with Gasteiger partial charge in [0.05, 0.1) is 15.8 Å². The number of nitrogens with zero attached hydrogens (tertiary/aromatic N) is 3. The number of aryl methyl sites for hydroxylation is 1. The second-order valence-corrected chi connectivity index (χ2v) is 8.01. The summed E-state index contributed by atoms with van der Waals surface area (Å²) >= 11 is 3.17. The van der Waals surface area contributed by atoms with E-state index in [0.717, 1.165) is 31.9 Å². The number of nitrogens with one attached hydrogen (secondary N) is 2. The second-order valence-electron chi connectivity index (χ2n) is 6.10. The van der Waals surface area contributed by atoms with Crippen LogP contribution in [-0.2, 0) is 0 Å². The Morgan fingerprint density at radius 3 is 2.85 bits per heavy atom. The van der Waals surface area contributed by atoms with Crippen LogP contribution < -0.4 is 10.6 Å². The van der Waals surface area contributed by atoms with Crippen molar-refractivity contribution in [1.29, 1.82) is 0 Å². The molecule has 0 saturated heterocycles. The van der Waals surface area contributed by atoms with Gasteiger partial charge in [0.2, 0.25) is 0 Å². The van der Waals surface area contributed by atoms with Gasteiger partial charge in [0.1, 0.15) is 0 Å². The minimum absolute atomic E-state index is 0.0722. The summed E-state index contributed by atoms with van der Waals surface area (Å²) in [6.07, 6.45) is 1.77. The van der Waals surface area contributed by atoms with Crippen LogP contribution in [0, 0.1) is 13.8 Å². The van der Waals surface area contributed by atoms with Crippen LogP contribution in [0.25, 0.3) is 15.3 Å². The van der Waals surface area contributed by atoms with Crippen molar-refractivity contribution in [2.75, 3.05) is 18.4 Å². The molecule has 8 heteroatoms. The highest BCUT2D eigenvalue weighted by Crippen LogP contribution is 2.25. The van der Waals surface area contributed by atoms with E-state index in [9.17, 15) is 4.79 Å². The molecular weight excluding hydrogens is 378 g/mol. The van der Waals surface area contributed by atoms with Crippen molar-refractivity contribution >= 4 is 43.9 Å². The Morgan fingerprint density at radius 2 is 2.07 bits per heavy atom. The maximum absolute atomic E-state index is 12.6. The predicted octanol–water partition coefficient (Wildman–Crippen LogP) is 4.00. The molecule has 0 fully saturated rings. The van der Waals surface area contributed by atoms with Crippen molar-refractivity contribution < 1.29 is 4.79 Å². The summed E-state index contributed by atoms with van der Waals surface area (Å²) in [4.78, 5) is 21.4. The predicted molar refractivity (Wildman–Crippen MR) is 111 cm³/mol. The van der Waals surface area contributed by atoms with Crippen molar-refractivity contribution in [2.24, 2.45) is 0 Å². The average Bonchev–Trinajstić information content (AvgIpc) is 3.37. The second kappa shape index (κ2) is 7.50. The van der Waals surface area contributed by atoms with Gasteiger partial charge in [-0.25, -0.2) is 9.97 Å². The first-order valence-corrected chi connectivity index (χ1v) is 10.3. The third kappa shape index (κ3) is 3.58. The maximum atomic E-state index is 12.6. The van der Waals surface area contributed by atoms with E-state index < -0.39 is 0 Å². The van der Waals surface area contributed by atoms with Gasteiger partial charge in [0, 0.05) is 36.1 Å². The molecule has 6 nitrogen and oxygen atoms in total. The van der Waals surface area contributed by atoms with Gasteiger partial charge in [0.15, 0.2) is 10.3 Å². The molecule has 3 aromatic heterocycles. The Hall–Kier alpha value is -2.71. The van der Waals surface area contributed by atoms with E-state index in [1.165, 1.54) is 0 Å². The van der Waals surface area contributed by atoms with Crippen LogP contribution in [0.5, 0.6) is 0 Å². The number of hydrogen-bond acceptors (Lipinski definition) is 6. The summed E-state index contributed by atoms with van der Waals surface area (Å²) in [5, 5.41) is 9.92. The van der Waals surface area contributed by atoms with Gasteiger partial charge in [-0.15, -0.1) is 11.3 Å². The third-order valence-corrected chi connectivity index (χ3v) is 6.02. The largest absolute Gasteiger partial charge is 0.360 e. The van der Waals surface area contributed by atoms with Gasteiger partial charge in [-0.3, -0.25) is 9.36 Å². The average molecular weight is 398 g/mol. The first-order chi connectivity index (χ1) is 13.1. The lowest BCUT2D eigenvalue weighted by atomic mass is 10.2. The molecule has 138 valence electrons. The van der Waals surface area contributed by atoms with Gasteiger partial charge in [0.25, 0.3) is 5.91 Å². The van der Waals surface area contributed by atoms with Gasteiger partial charge < -0.3 is 10.6 Å². The fourth-order valence-electron chi connectivity index (χ4n) is 3.00. The molecule has 0 spiro atoms. The number of hydrogen-bond donors (Lipinski definition) is 2. The van der Waals surface area contributed by atoms with Crippen LogP contribution in [0.2, 0.25) is 0 Å². The molecule has 0 unspecified atom stereocenters. The summed E-state index contributed by atoms with van der Waals surface area (Å²) < 4.78 is 3.16.